The van der Waals surface area contributed by atoms with E-state index < -0.39 is 17.8 Å². The number of nitrogens with zero attached hydrogens (tertiary/aromatic N) is 4. The van der Waals surface area contributed by atoms with Crippen LogP contribution in [0.2, 0.25) is 0 Å². The predicted octanol–water partition coefficient (Wildman–Crippen LogP) is 3.63. The second-order valence-corrected chi connectivity index (χ2v) is 8.18. The Bertz CT molecular complexity index is 985. The topological polar surface area (TPSA) is 75.2 Å². The Balaban J connectivity index is 1.23. The molecule has 182 valence electrons. The summed E-state index contributed by atoms with van der Waals surface area (Å²) in [6.07, 6.45) is -2.12. The average molecular weight is 478 g/mol. The van der Waals surface area contributed by atoms with Gasteiger partial charge in [0.25, 0.3) is 0 Å². The van der Waals surface area contributed by atoms with Gasteiger partial charge in [0, 0.05) is 51.5 Å². The van der Waals surface area contributed by atoms with E-state index in [4.69, 9.17) is 9.47 Å². The molecule has 1 aromatic carbocycles. The van der Waals surface area contributed by atoms with Crippen LogP contribution in [0.5, 0.6) is 17.4 Å². The van der Waals surface area contributed by atoms with Crippen molar-refractivity contribution in [3.05, 3.63) is 48.2 Å². The lowest BCUT2D eigenvalue weighted by molar-refractivity contribution is -0.138. The molecule has 2 amide bonds. The van der Waals surface area contributed by atoms with Crippen molar-refractivity contribution in [1.29, 1.82) is 0 Å². The van der Waals surface area contributed by atoms with Crippen LogP contribution in [0.4, 0.5) is 18.0 Å². The monoisotopic (exact) mass is 478 g/mol. The second-order valence-electron chi connectivity index (χ2n) is 8.18. The van der Waals surface area contributed by atoms with Crippen molar-refractivity contribution in [3.63, 3.8) is 0 Å². The first kappa shape index (κ1) is 23.8. The zero-order valence-electron chi connectivity index (χ0n) is 18.5. The quantitative estimate of drug-likeness (QED) is 0.654. The van der Waals surface area contributed by atoms with E-state index in [-0.39, 0.29) is 11.8 Å². The summed E-state index contributed by atoms with van der Waals surface area (Å²) in [5.74, 6) is 0.800. The van der Waals surface area contributed by atoms with E-state index in [2.05, 4.69) is 4.98 Å². The molecule has 0 aliphatic carbocycles. The van der Waals surface area contributed by atoms with Crippen molar-refractivity contribution in [1.82, 2.24) is 19.7 Å². The maximum atomic E-state index is 12.6. The number of amides is 2. The van der Waals surface area contributed by atoms with Crippen molar-refractivity contribution in [2.45, 2.75) is 19.0 Å². The molecule has 0 saturated carbocycles. The third kappa shape index (κ3) is 6.16. The zero-order chi connectivity index (χ0) is 24.1. The number of likely N-dealkylation sites (tertiary alicyclic amines) is 1. The van der Waals surface area contributed by atoms with Gasteiger partial charge in [-0.15, -0.1) is 0 Å². The number of carbonyl (C=O) groups excluding carboxylic acids is 2. The fourth-order valence-electron chi connectivity index (χ4n) is 3.82. The lowest BCUT2D eigenvalue weighted by atomic mass is 10.3. The first-order chi connectivity index (χ1) is 16.3. The lowest BCUT2D eigenvalue weighted by Gasteiger charge is -2.34. The van der Waals surface area contributed by atoms with Crippen LogP contribution in [0.3, 0.4) is 0 Å². The van der Waals surface area contributed by atoms with E-state index in [0.29, 0.717) is 50.4 Å². The van der Waals surface area contributed by atoms with Crippen molar-refractivity contribution >= 4 is 12.0 Å². The molecule has 8 nitrogen and oxygen atoms in total. The van der Waals surface area contributed by atoms with Crippen LogP contribution in [-0.4, -0.2) is 77.5 Å². The number of piperazine rings is 1. The Morgan fingerprint density at radius 2 is 1.50 bits per heavy atom. The molecule has 0 N–H and O–H groups in total. The molecule has 1 aromatic heterocycles. The van der Waals surface area contributed by atoms with Crippen LogP contribution in [0.25, 0.3) is 0 Å². The molecule has 2 aliphatic heterocycles. The highest BCUT2D eigenvalue weighted by Gasteiger charge is 2.31. The van der Waals surface area contributed by atoms with Crippen LogP contribution in [0.1, 0.15) is 18.4 Å². The number of halogens is 3. The number of ether oxygens (including phenoxy) is 2. The Hall–Kier alpha value is -3.34. The van der Waals surface area contributed by atoms with Gasteiger partial charge in [0.1, 0.15) is 11.5 Å². The van der Waals surface area contributed by atoms with Crippen molar-refractivity contribution in [2.24, 2.45) is 0 Å². The molecular weight excluding hydrogens is 453 g/mol. The zero-order valence-corrected chi connectivity index (χ0v) is 18.5. The van der Waals surface area contributed by atoms with Crippen molar-refractivity contribution in [3.8, 4) is 17.4 Å². The Labute approximate surface area is 194 Å². The molecular formula is C23H25F3N4O4. The maximum absolute atomic E-state index is 12.6. The average Bonchev–Trinajstić information content (AvgIpc) is 3.36. The number of alkyl halides is 3. The van der Waals surface area contributed by atoms with Gasteiger partial charge in [-0.2, -0.15) is 13.2 Å². The molecule has 3 heterocycles. The normalized spacial score (nSPS) is 17.0. The minimum Gasteiger partial charge on any atom is -0.439 e. The Morgan fingerprint density at radius 3 is 2.09 bits per heavy atom. The van der Waals surface area contributed by atoms with Gasteiger partial charge in [0.2, 0.25) is 11.8 Å². The molecule has 11 heteroatoms. The van der Waals surface area contributed by atoms with Gasteiger partial charge in [-0.3, -0.25) is 9.69 Å². The third-order valence-corrected chi connectivity index (χ3v) is 5.76. The van der Waals surface area contributed by atoms with Crippen LogP contribution < -0.4 is 9.47 Å². The maximum Gasteiger partial charge on any atom is 0.417 e. The van der Waals surface area contributed by atoms with E-state index >= 15 is 0 Å². The van der Waals surface area contributed by atoms with E-state index in [1.54, 1.807) is 4.90 Å². The van der Waals surface area contributed by atoms with Crippen molar-refractivity contribution in [2.75, 3.05) is 45.8 Å². The fraction of sp³-hybridized carbons (Fsp3) is 0.435. The molecule has 2 saturated heterocycles. The molecule has 34 heavy (non-hydrogen) atoms. The van der Waals surface area contributed by atoms with Gasteiger partial charge in [0.05, 0.1) is 12.1 Å². The molecule has 0 spiro atoms. The number of hydrogen-bond donors (Lipinski definition) is 0. The van der Waals surface area contributed by atoms with E-state index in [9.17, 15) is 22.8 Å². The molecule has 0 atom stereocenters. The van der Waals surface area contributed by atoms with Gasteiger partial charge in [-0.25, -0.2) is 9.78 Å². The van der Waals surface area contributed by atoms with Gasteiger partial charge in [-0.05, 0) is 43.2 Å². The number of rotatable bonds is 5. The molecule has 0 unspecified atom stereocenters. The number of aromatic nitrogens is 1. The number of benzene rings is 1. The third-order valence-electron chi connectivity index (χ3n) is 5.76. The molecule has 2 aromatic rings. The van der Waals surface area contributed by atoms with Crippen LogP contribution in [0.15, 0.2) is 42.6 Å². The van der Waals surface area contributed by atoms with Crippen LogP contribution >= 0.6 is 0 Å². The van der Waals surface area contributed by atoms with Crippen LogP contribution in [0, 0.1) is 0 Å². The smallest absolute Gasteiger partial charge is 0.417 e. The summed E-state index contributed by atoms with van der Waals surface area (Å²) in [7, 11) is 0. The van der Waals surface area contributed by atoms with E-state index in [0.717, 1.165) is 38.1 Å². The number of carbonyl (C=O) groups is 2. The molecule has 0 bridgehead atoms. The summed E-state index contributed by atoms with van der Waals surface area (Å²) in [6.45, 7) is 4.16. The summed E-state index contributed by atoms with van der Waals surface area (Å²) < 4.78 is 48.7. The van der Waals surface area contributed by atoms with E-state index in [1.807, 2.05) is 9.80 Å². The highest BCUT2D eigenvalue weighted by Crippen LogP contribution is 2.30. The van der Waals surface area contributed by atoms with Gasteiger partial charge in [-0.1, -0.05) is 0 Å². The summed E-state index contributed by atoms with van der Waals surface area (Å²) in [5, 5.41) is 0. The number of pyridine rings is 1. The first-order valence-corrected chi connectivity index (χ1v) is 11.1. The lowest BCUT2D eigenvalue weighted by Crippen LogP contribution is -2.52. The Kier molecular flexibility index (Phi) is 7.20. The summed E-state index contributed by atoms with van der Waals surface area (Å²) in [4.78, 5) is 33.9. The fourth-order valence-corrected chi connectivity index (χ4v) is 3.82. The van der Waals surface area contributed by atoms with Gasteiger partial charge in [0.15, 0.2) is 0 Å². The molecule has 2 aliphatic rings. The molecule has 0 radical (unpaired) electrons. The summed E-state index contributed by atoms with van der Waals surface area (Å²) in [5.41, 5.74) is -0.860. The van der Waals surface area contributed by atoms with E-state index in [1.165, 1.54) is 24.3 Å². The molecule has 4 rings (SSSR count). The molecule has 2 fully saturated rings. The van der Waals surface area contributed by atoms with Gasteiger partial charge >= 0.3 is 12.3 Å². The van der Waals surface area contributed by atoms with Crippen molar-refractivity contribution < 1.29 is 32.2 Å². The predicted molar refractivity (Wildman–Crippen MR) is 116 cm³/mol. The highest BCUT2D eigenvalue weighted by atomic mass is 19.4. The minimum absolute atomic E-state index is 0.0128. The summed E-state index contributed by atoms with van der Waals surface area (Å²) >= 11 is 0. The second kappa shape index (κ2) is 10.3. The minimum atomic E-state index is -4.46. The summed E-state index contributed by atoms with van der Waals surface area (Å²) in [6, 6.07) is 8.15. The standard InChI is InChI=1S/C23H25F3N4O4/c24-23(25,26)17-3-8-20(27-15-17)33-18-4-6-19(7-5-18)34-22(32)30-13-11-28(12-14-30)16-21(31)29-9-1-2-10-29/h3-8,15H,1-2,9-14,16H2. The Morgan fingerprint density at radius 1 is 0.853 bits per heavy atom. The largest absolute Gasteiger partial charge is 0.439 e. The highest BCUT2D eigenvalue weighted by molar-refractivity contribution is 5.78. The number of hydrogen-bond acceptors (Lipinski definition) is 6. The SMILES string of the molecule is O=C(CN1CCN(C(=O)Oc2ccc(Oc3ccc(C(F)(F)F)cn3)cc2)CC1)N1CCCC1. The van der Waals surface area contributed by atoms with Crippen LogP contribution in [-0.2, 0) is 11.0 Å². The first-order valence-electron chi connectivity index (χ1n) is 11.1. The van der Waals surface area contributed by atoms with Gasteiger partial charge < -0.3 is 19.3 Å².